The van der Waals surface area contributed by atoms with Crippen LogP contribution in [0.2, 0.25) is 0 Å². The second kappa shape index (κ2) is 6.71. The topological polar surface area (TPSA) is 45.0 Å². The summed E-state index contributed by atoms with van der Waals surface area (Å²) in [7, 11) is 1.55. The van der Waals surface area contributed by atoms with Gasteiger partial charge in [-0.15, -0.1) is 0 Å². The van der Waals surface area contributed by atoms with E-state index >= 15 is 0 Å². The highest BCUT2D eigenvalue weighted by Crippen LogP contribution is 2.26. The Labute approximate surface area is 121 Å². The van der Waals surface area contributed by atoms with Crippen molar-refractivity contribution in [2.24, 2.45) is 0 Å². The van der Waals surface area contributed by atoms with Gasteiger partial charge in [0.05, 0.1) is 13.2 Å². The molecule has 0 heterocycles. The fraction of sp³-hybridized carbons (Fsp3) is 0.188. The van der Waals surface area contributed by atoms with Gasteiger partial charge in [0.2, 0.25) is 0 Å². The number of nitriles is 1. The summed E-state index contributed by atoms with van der Waals surface area (Å²) in [6.45, 7) is 0. The van der Waals surface area contributed by atoms with E-state index in [0.29, 0.717) is 17.0 Å². The molecule has 2 aromatic rings. The molecule has 3 nitrogen and oxygen atoms in total. The minimum Gasteiger partial charge on any atom is -0.497 e. The molecule has 2 rings (SSSR count). The monoisotopic (exact) mass is 288 g/mol. The van der Waals surface area contributed by atoms with E-state index in [-0.39, 0.29) is 5.56 Å². The van der Waals surface area contributed by atoms with Crippen molar-refractivity contribution in [3.8, 4) is 11.8 Å². The normalized spacial score (nSPS) is 11.8. The average Bonchev–Trinajstić information content (AvgIpc) is 2.53. The lowest BCUT2D eigenvalue weighted by atomic mass is 10.0. The summed E-state index contributed by atoms with van der Waals surface area (Å²) < 4.78 is 30.5. The van der Waals surface area contributed by atoms with E-state index in [1.165, 1.54) is 18.2 Å². The van der Waals surface area contributed by atoms with E-state index in [0.717, 1.165) is 0 Å². The molecule has 108 valence electrons. The van der Waals surface area contributed by atoms with Gasteiger partial charge < -0.3 is 10.1 Å². The third-order valence-electron chi connectivity index (χ3n) is 3.01. The molecule has 0 radical (unpaired) electrons. The van der Waals surface area contributed by atoms with Crippen molar-refractivity contribution < 1.29 is 13.5 Å². The first kappa shape index (κ1) is 14.8. The summed E-state index contributed by atoms with van der Waals surface area (Å²) in [6.07, 6.45) is -2.55. The number of ether oxygens (including phenoxy) is 1. The third-order valence-corrected chi connectivity index (χ3v) is 3.01. The van der Waals surface area contributed by atoms with Crippen LogP contribution in [-0.4, -0.2) is 7.11 Å². The molecule has 1 atom stereocenters. The van der Waals surface area contributed by atoms with E-state index in [1.54, 1.807) is 37.4 Å². The van der Waals surface area contributed by atoms with Crippen LogP contribution in [0.1, 0.15) is 23.6 Å². The molecule has 0 aliphatic heterocycles. The summed E-state index contributed by atoms with van der Waals surface area (Å²) in [5.41, 5.74) is 1.08. The first-order valence-corrected chi connectivity index (χ1v) is 6.32. The van der Waals surface area contributed by atoms with E-state index in [1.807, 2.05) is 0 Å². The molecule has 0 spiro atoms. The van der Waals surface area contributed by atoms with Gasteiger partial charge in [-0.25, -0.2) is 8.78 Å². The fourth-order valence-electron chi connectivity index (χ4n) is 1.94. The van der Waals surface area contributed by atoms with E-state index in [9.17, 15) is 14.0 Å². The number of nitrogens with one attached hydrogen (secondary N) is 1. The van der Waals surface area contributed by atoms with Crippen LogP contribution in [0.25, 0.3) is 0 Å². The minimum atomic E-state index is -2.55. The van der Waals surface area contributed by atoms with Crippen molar-refractivity contribution in [3.05, 3.63) is 59.7 Å². The van der Waals surface area contributed by atoms with Crippen LogP contribution in [0.3, 0.4) is 0 Å². The smallest absolute Gasteiger partial charge is 0.263 e. The molecule has 0 amide bonds. The molecule has 0 aromatic heterocycles. The van der Waals surface area contributed by atoms with E-state index in [2.05, 4.69) is 11.4 Å². The third kappa shape index (κ3) is 3.69. The van der Waals surface area contributed by atoms with Gasteiger partial charge in [0.1, 0.15) is 11.8 Å². The van der Waals surface area contributed by atoms with Crippen LogP contribution in [0, 0.1) is 11.3 Å². The van der Waals surface area contributed by atoms with Crippen molar-refractivity contribution >= 4 is 5.69 Å². The average molecular weight is 288 g/mol. The second-order valence-corrected chi connectivity index (χ2v) is 4.41. The second-order valence-electron chi connectivity index (χ2n) is 4.41. The molecular weight excluding hydrogens is 274 g/mol. The number of alkyl halides is 2. The number of halogens is 2. The lowest BCUT2D eigenvalue weighted by molar-refractivity contribution is 0.151. The number of anilines is 1. The van der Waals surface area contributed by atoms with Crippen LogP contribution in [0.15, 0.2) is 48.5 Å². The molecular formula is C16H14F2N2O. The molecule has 0 saturated heterocycles. The zero-order valence-corrected chi connectivity index (χ0v) is 11.4. The van der Waals surface area contributed by atoms with Crippen molar-refractivity contribution in [1.29, 1.82) is 5.26 Å². The van der Waals surface area contributed by atoms with Crippen molar-refractivity contribution in [2.75, 3.05) is 12.4 Å². The zero-order valence-electron chi connectivity index (χ0n) is 11.4. The first-order valence-electron chi connectivity index (χ1n) is 6.32. The summed E-state index contributed by atoms with van der Waals surface area (Å²) in [4.78, 5) is 0. The Kier molecular flexibility index (Phi) is 4.72. The van der Waals surface area contributed by atoms with E-state index in [4.69, 9.17) is 4.74 Å². The summed E-state index contributed by atoms with van der Waals surface area (Å²) in [6, 6.07) is 14.3. The number of hydrogen-bond acceptors (Lipinski definition) is 3. The molecule has 0 aliphatic rings. The maximum atomic E-state index is 12.7. The lowest BCUT2D eigenvalue weighted by Crippen LogP contribution is -2.09. The molecule has 0 saturated carbocycles. The molecule has 5 heteroatoms. The van der Waals surface area contributed by atoms with Gasteiger partial charge in [0, 0.05) is 17.3 Å². The van der Waals surface area contributed by atoms with Gasteiger partial charge in [-0.3, -0.25) is 0 Å². The maximum Gasteiger partial charge on any atom is 0.263 e. The van der Waals surface area contributed by atoms with Gasteiger partial charge in [-0.05, 0) is 23.8 Å². The Balaban J connectivity index is 2.24. The molecule has 0 fully saturated rings. The zero-order chi connectivity index (χ0) is 15.2. The lowest BCUT2D eigenvalue weighted by Gasteiger charge is -2.15. The first-order chi connectivity index (χ1) is 10.1. The highest BCUT2D eigenvalue weighted by atomic mass is 19.3. The van der Waals surface area contributed by atoms with Crippen LogP contribution >= 0.6 is 0 Å². The van der Waals surface area contributed by atoms with Gasteiger partial charge in [0.25, 0.3) is 6.43 Å². The number of hydrogen-bond donors (Lipinski definition) is 1. The van der Waals surface area contributed by atoms with Crippen LogP contribution < -0.4 is 10.1 Å². The van der Waals surface area contributed by atoms with Crippen molar-refractivity contribution in [2.45, 2.75) is 12.5 Å². The van der Waals surface area contributed by atoms with Crippen LogP contribution in [0.4, 0.5) is 14.5 Å². The van der Waals surface area contributed by atoms with Gasteiger partial charge in [0.15, 0.2) is 0 Å². The molecule has 0 aliphatic carbocycles. The molecule has 21 heavy (non-hydrogen) atoms. The molecule has 1 N–H and O–H groups in total. The van der Waals surface area contributed by atoms with Gasteiger partial charge in [-0.2, -0.15) is 5.26 Å². The van der Waals surface area contributed by atoms with Gasteiger partial charge >= 0.3 is 0 Å². The molecule has 0 bridgehead atoms. The van der Waals surface area contributed by atoms with Crippen LogP contribution in [-0.2, 0) is 0 Å². The Morgan fingerprint density at radius 1 is 1.10 bits per heavy atom. The van der Waals surface area contributed by atoms with Gasteiger partial charge in [-0.1, -0.05) is 24.3 Å². The van der Waals surface area contributed by atoms with Crippen molar-refractivity contribution in [3.63, 3.8) is 0 Å². The fourth-order valence-corrected chi connectivity index (χ4v) is 1.94. The van der Waals surface area contributed by atoms with Crippen molar-refractivity contribution in [1.82, 2.24) is 0 Å². The Morgan fingerprint density at radius 3 is 2.48 bits per heavy atom. The highest BCUT2D eigenvalue weighted by Gasteiger charge is 2.14. The Morgan fingerprint density at radius 2 is 1.81 bits per heavy atom. The predicted molar refractivity (Wildman–Crippen MR) is 76.4 cm³/mol. The van der Waals surface area contributed by atoms with E-state index < -0.39 is 12.5 Å². The largest absolute Gasteiger partial charge is 0.497 e. The summed E-state index contributed by atoms with van der Waals surface area (Å²) >= 11 is 0. The molecule has 1 unspecified atom stereocenters. The Bertz CT molecular complexity index is 653. The number of methoxy groups -OCH3 is 1. The maximum absolute atomic E-state index is 12.7. The minimum absolute atomic E-state index is 0.0970. The molecule has 2 aromatic carbocycles. The highest BCUT2D eigenvalue weighted by molar-refractivity contribution is 5.51. The SMILES string of the molecule is COc1cccc(NC(C#N)c2cccc(C(F)F)c2)c1. The summed E-state index contributed by atoms with van der Waals surface area (Å²) in [5, 5.41) is 12.3. The number of rotatable bonds is 5. The number of benzene rings is 2. The Hall–Kier alpha value is -2.61. The predicted octanol–water partition coefficient (Wildman–Crippen LogP) is 4.31. The quantitative estimate of drug-likeness (QED) is 0.891. The van der Waals surface area contributed by atoms with Crippen LogP contribution in [0.5, 0.6) is 5.75 Å². The number of nitrogens with zero attached hydrogens (tertiary/aromatic N) is 1. The summed E-state index contributed by atoms with van der Waals surface area (Å²) in [5.74, 6) is 0.651. The standard InChI is InChI=1S/C16H14F2N2O/c1-21-14-7-3-6-13(9-14)20-15(10-19)11-4-2-5-12(8-11)16(17)18/h2-9,15-16,20H,1H3.